The zero-order chi connectivity index (χ0) is 12.3. The average Bonchev–Trinajstić information content (AvgIpc) is 2.36. The number of piperazine rings is 1. The van der Waals surface area contributed by atoms with E-state index in [2.05, 4.69) is 30.0 Å². The Hall–Kier alpha value is -0.520. The van der Waals surface area contributed by atoms with Crippen LogP contribution < -0.4 is 5.32 Å². The van der Waals surface area contributed by atoms with Gasteiger partial charge in [0.2, 0.25) is 0 Å². The first-order chi connectivity index (χ1) is 8.21. The fourth-order valence-electron chi connectivity index (χ4n) is 3.47. The molecule has 2 atom stereocenters. The maximum Gasteiger partial charge on any atom is 0.0712 e. The molecular weight excluding hydrogens is 208 g/mol. The van der Waals surface area contributed by atoms with Gasteiger partial charge in [-0.25, -0.2) is 0 Å². The van der Waals surface area contributed by atoms with Crippen LogP contribution in [0.5, 0.6) is 0 Å². The molecule has 0 aromatic rings. The zero-order valence-corrected chi connectivity index (χ0v) is 11.3. The molecule has 96 valence electrons. The van der Waals surface area contributed by atoms with Crippen molar-refractivity contribution in [1.29, 1.82) is 0 Å². The van der Waals surface area contributed by atoms with Gasteiger partial charge in [-0.3, -0.25) is 4.90 Å². The van der Waals surface area contributed by atoms with Crippen molar-refractivity contribution in [3.05, 3.63) is 0 Å². The van der Waals surface area contributed by atoms with Crippen LogP contribution in [-0.2, 0) is 0 Å². The van der Waals surface area contributed by atoms with Crippen LogP contribution in [0.15, 0.2) is 0 Å². The van der Waals surface area contributed by atoms with Crippen LogP contribution in [0.2, 0.25) is 0 Å². The van der Waals surface area contributed by atoms with E-state index in [1.54, 1.807) is 0 Å². The number of rotatable bonds is 2. The predicted octanol–water partition coefficient (Wildman–Crippen LogP) is 2.39. The van der Waals surface area contributed by atoms with Gasteiger partial charge in [0.05, 0.1) is 6.04 Å². The molecule has 2 fully saturated rings. The van der Waals surface area contributed by atoms with Gasteiger partial charge in [0.15, 0.2) is 0 Å². The van der Waals surface area contributed by atoms with E-state index in [-0.39, 0.29) is 0 Å². The fourth-order valence-corrected chi connectivity index (χ4v) is 3.47. The highest BCUT2D eigenvalue weighted by atomic mass is 15.3. The zero-order valence-electron chi connectivity index (χ0n) is 11.3. The monoisotopic (exact) mass is 234 g/mol. The van der Waals surface area contributed by atoms with Crippen LogP contribution in [-0.4, -0.2) is 35.6 Å². The molecule has 1 N–H and O–H groups in total. The summed E-state index contributed by atoms with van der Waals surface area (Å²) in [5.74, 6) is 2.97. The second-order valence-corrected chi connectivity index (χ2v) is 5.83. The third kappa shape index (κ3) is 2.67. The summed E-state index contributed by atoms with van der Waals surface area (Å²) < 4.78 is 0. The van der Waals surface area contributed by atoms with Gasteiger partial charge >= 0.3 is 0 Å². The molecule has 2 aliphatic rings. The minimum atomic E-state index is 0.325. The van der Waals surface area contributed by atoms with Crippen molar-refractivity contribution in [2.75, 3.05) is 13.1 Å². The smallest absolute Gasteiger partial charge is 0.0712 e. The molecule has 0 aromatic heterocycles. The van der Waals surface area contributed by atoms with E-state index >= 15 is 0 Å². The third-order valence-corrected chi connectivity index (χ3v) is 4.61. The molecule has 1 aliphatic heterocycles. The van der Waals surface area contributed by atoms with Crippen LogP contribution >= 0.6 is 0 Å². The van der Waals surface area contributed by atoms with E-state index in [0.717, 1.165) is 19.5 Å². The Morgan fingerprint density at radius 1 is 1.41 bits per heavy atom. The van der Waals surface area contributed by atoms with Gasteiger partial charge in [-0.1, -0.05) is 32.1 Å². The lowest BCUT2D eigenvalue weighted by molar-refractivity contribution is 0.0457. The average molecular weight is 234 g/mol. The van der Waals surface area contributed by atoms with Gasteiger partial charge in [-0.15, -0.1) is 6.42 Å². The Morgan fingerprint density at radius 3 is 2.71 bits per heavy atom. The van der Waals surface area contributed by atoms with Crippen molar-refractivity contribution < 1.29 is 0 Å². The molecule has 1 spiro atoms. The van der Waals surface area contributed by atoms with Crippen LogP contribution in [0, 0.1) is 12.3 Å². The summed E-state index contributed by atoms with van der Waals surface area (Å²) >= 11 is 0. The van der Waals surface area contributed by atoms with Gasteiger partial charge in [-0.2, -0.15) is 0 Å². The Kier molecular flexibility index (Phi) is 4.12. The molecule has 1 saturated carbocycles. The van der Waals surface area contributed by atoms with Gasteiger partial charge in [0.25, 0.3) is 0 Å². The lowest BCUT2D eigenvalue weighted by Crippen LogP contribution is -2.65. The molecule has 2 heteroatoms. The van der Waals surface area contributed by atoms with Gasteiger partial charge in [0, 0.05) is 24.7 Å². The van der Waals surface area contributed by atoms with E-state index in [9.17, 15) is 0 Å². The fraction of sp³-hybridized carbons (Fsp3) is 0.867. The summed E-state index contributed by atoms with van der Waals surface area (Å²) in [6, 6.07) is 0.898. The maximum atomic E-state index is 5.68. The SMILES string of the molecule is C#CC(CC)N1CC2(CCCCC2)NCC1C. The van der Waals surface area contributed by atoms with Crippen molar-refractivity contribution in [3.8, 4) is 12.3 Å². The Labute approximate surface area is 106 Å². The van der Waals surface area contributed by atoms with Crippen LogP contribution in [0.4, 0.5) is 0 Å². The second kappa shape index (κ2) is 5.42. The van der Waals surface area contributed by atoms with Crippen molar-refractivity contribution in [2.45, 2.75) is 70.0 Å². The minimum Gasteiger partial charge on any atom is -0.308 e. The minimum absolute atomic E-state index is 0.325. The molecule has 0 radical (unpaired) electrons. The van der Waals surface area contributed by atoms with Crippen molar-refractivity contribution in [2.24, 2.45) is 0 Å². The number of nitrogens with one attached hydrogen (secondary N) is 1. The molecule has 2 rings (SSSR count). The summed E-state index contributed by atoms with van der Waals surface area (Å²) in [4.78, 5) is 2.56. The first-order valence-corrected chi connectivity index (χ1v) is 7.18. The molecule has 1 heterocycles. The highest BCUT2D eigenvalue weighted by Gasteiger charge is 2.40. The highest BCUT2D eigenvalue weighted by molar-refractivity contribution is 5.06. The third-order valence-electron chi connectivity index (χ3n) is 4.61. The van der Waals surface area contributed by atoms with E-state index < -0.39 is 0 Å². The van der Waals surface area contributed by atoms with Gasteiger partial charge < -0.3 is 5.32 Å². The van der Waals surface area contributed by atoms with Crippen molar-refractivity contribution in [3.63, 3.8) is 0 Å². The van der Waals surface area contributed by atoms with Gasteiger partial charge in [0.1, 0.15) is 0 Å². The topological polar surface area (TPSA) is 15.3 Å². The molecule has 1 saturated heterocycles. The van der Waals surface area contributed by atoms with E-state index in [4.69, 9.17) is 6.42 Å². The number of terminal acetylenes is 1. The summed E-state index contributed by atoms with van der Waals surface area (Å²) in [6.45, 7) is 6.74. The molecular formula is C15H26N2. The van der Waals surface area contributed by atoms with E-state index in [1.165, 1.54) is 32.1 Å². The molecule has 0 amide bonds. The summed E-state index contributed by atoms with van der Waals surface area (Å²) in [7, 11) is 0. The maximum absolute atomic E-state index is 5.68. The first-order valence-electron chi connectivity index (χ1n) is 7.18. The first kappa shape index (κ1) is 12.9. The molecule has 2 nitrogen and oxygen atoms in total. The second-order valence-electron chi connectivity index (χ2n) is 5.83. The van der Waals surface area contributed by atoms with Crippen molar-refractivity contribution >= 4 is 0 Å². The Bertz CT molecular complexity index is 286. The number of hydrogen-bond acceptors (Lipinski definition) is 2. The largest absolute Gasteiger partial charge is 0.308 e. The van der Waals surface area contributed by atoms with Crippen LogP contribution in [0.1, 0.15) is 52.4 Å². The molecule has 1 aliphatic carbocycles. The van der Waals surface area contributed by atoms with Crippen LogP contribution in [0.3, 0.4) is 0 Å². The predicted molar refractivity (Wildman–Crippen MR) is 72.9 cm³/mol. The highest BCUT2D eigenvalue weighted by Crippen LogP contribution is 2.32. The normalized spacial score (nSPS) is 31.0. The molecule has 2 unspecified atom stereocenters. The molecule has 0 bridgehead atoms. The van der Waals surface area contributed by atoms with Crippen LogP contribution in [0.25, 0.3) is 0 Å². The summed E-state index contributed by atoms with van der Waals surface area (Å²) in [5, 5.41) is 3.81. The number of nitrogens with zero attached hydrogens (tertiary/aromatic N) is 1. The summed E-state index contributed by atoms with van der Waals surface area (Å²) in [5.41, 5.74) is 0.370. The summed E-state index contributed by atoms with van der Waals surface area (Å²) in [6.07, 6.45) is 13.6. The lowest BCUT2D eigenvalue weighted by atomic mass is 9.79. The Balaban J connectivity index is 2.07. The quantitative estimate of drug-likeness (QED) is 0.738. The van der Waals surface area contributed by atoms with E-state index in [1.807, 2.05) is 0 Å². The standard InChI is InChI=1S/C15H26N2/c1-4-14(5-2)17-12-15(16-11-13(17)3)9-7-6-8-10-15/h1,13-14,16H,5-12H2,2-3H3. The Morgan fingerprint density at radius 2 is 2.12 bits per heavy atom. The molecule has 0 aromatic carbocycles. The molecule has 17 heavy (non-hydrogen) atoms. The van der Waals surface area contributed by atoms with E-state index in [0.29, 0.717) is 17.6 Å². The van der Waals surface area contributed by atoms with Crippen molar-refractivity contribution in [1.82, 2.24) is 10.2 Å². The lowest BCUT2D eigenvalue weighted by Gasteiger charge is -2.50. The van der Waals surface area contributed by atoms with Gasteiger partial charge in [-0.05, 0) is 26.2 Å². The number of hydrogen-bond donors (Lipinski definition) is 1.